The molecule has 4 heteroatoms. The van der Waals surface area contributed by atoms with E-state index in [-0.39, 0.29) is 16.9 Å². The van der Waals surface area contributed by atoms with E-state index in [4.69, 9.17) is 4.74 Å². The zero-order chi connectivity index (χ0) is 15.5. The average molecular weight is 303 g/mol. The Hall–Kier alpha value is -1.58. The highest BCUT2D eigenvalue weighted by molar-refractivity contribution is 5.86. The zero-order valence-electron chi connectivity index (χ0n) is 12.7. The van der Waals surface area contributed by atoms with Crippen molar-refractivity contribution in [1.82, 2.24) is 0 Å². The second kappa shape index (κ2) is 4.71. The van der Waals surface area contributed by atoms with E-state index < -0.39 is 11.8 Å². The van der Waals surface area contributed by atoms with Crippen molar-refractivity contribution in [3.05, 3.63) is 29.6 Å². The lowest BCUT2D eigenvalue weighted by Gasteiger charge is -2.59. The summed E-state index contributed by atoms with van der Waals surface area (Å²) < 4.78 is 20.2. The fourth-order valence-corrected chi connectivity index (χ4v) is 5.23. The molecule has 0 amide bonds. The summed E-state index contributed by atoms with van der Waals surface area (Å²) in [6.45, 7) is 2.09. The fourth-order valence-electron chi connectivity index (χ4n) is 5.23. The lowest BCUT2D eigenvalue weighted by atomic mass is 9.50. The van der Waals surface area contributed by atoms with Gasteiger partial charge in [0.15, 0.2) is 11.6 Å². The van der Waals surface area contributed by atoms with Crippen molar-refractivity contribution in [2.75, 3.05) is 0 Å². The molecule has 118 valence electrons. The number of hydrogen-bond acceptors (Lipinski definition) is 3. The van der Waals surface area contributed by atoms with Gasteiger partial charge in [-0.15, -0.1) is 0 Å². The Morgan fingerprint density at radius 1 is 1.18 bits per heavy atom. The summed E-state index contributed by atoms with van der Waals surface area (Å²) in [5, 5.41) is 11.0. The van der Waals surface area contributed by atoms with Crippen molar-refractivity contribution in [2.45, 2.75) is 44.6 Å². The van der Waals surface area contributed by atoms with Crippen molar-refractivity contribution in [3.63, 3.8) is 0 Å². The van der Waals surface area contributed by atoms with Crippen LogP contribution in [0, 0.1) is 29.5 Å². The number of carbonyl (C=O) groups is 1. The first-order chi connectivity index (χ1) is 10.5. The van der Waals surface area contributed by atoms with Crippen LogP contribution in [0.4, 0.5) is 4.39 Å². The Labute approximate surface area is 129 Å². The molecule has 1 aromatic rings. The summed E-state index contributed by atoms with van der Waals surface area (Å²) in [5.74, 6) is 0.762. The van der Waals surface area contributed by atoms with E-state index in [0.717, 1.165) is 43.6 Å². The summed E-state index contributed by atoms with van der Waals surface area (Å²) in [5.41, 5.74) is -0.414. The number of halogens is 1. The number of carboxylic acid groups (broad SMARTS) is 1. The highest BCUT2D eigenvalue weighted by Gasteiger charge is 2.56. The molecule has 4 saturated carbocycles. The van der Waals surface area contributed by atoms with Gasteiger partial charge in [-0.25, -0.2) is 4.39 Å². The van der Waals surface area contributed by atoms with Gasteiger partial charge in [-0.2, -0.15) is 0 Å². The van der Waals surface area contributed by atoms with E-state index in [2.05, 4.69) is 6.92 Å². The van der Waals surface area contributed by atoms with Crippen molar-refractivity contribution >= 4 is 5.97 Å². The Morgan fingerprint density at radius 2 is 1.77 bits per heavy atom. The van der Waals surface area contributed by atoms with Crippen molar-refractivity contribution in [3.8, 4) is 5.75 Å². The van der Waals surface area contributed by atoms with Crippen LogP contribution in [-0.2, 0) is 0 Å². The predicted octanol–water partition coefficient (Wildman–Crippen LogP) is 2.78. The van der Waals surface area contributed by atoms with E-state index in [0.29, 0.717) is 11.8 Å². The molecule has 0 N–H and O–H groups in total. The van der Waals surface area contributed by atoms with Crippen molar-refractivity contribution in [2.24, 2.45) is 23.7 Å². The van der Waals surface area contributed by atoms with Gasteiger partial charge < -0.3 is 14.6 Å². The standard InChI is InChI=1S/C18H21FO3/c1-18(13-5-10-4-11(7-13)8-14(18)6-10)22-16-9-12(17(20)21)2-3-15(16)19/h2-3,9-11,13-14H,4-8H2,1H3,(H,20,21)/p-1. The number of aromatic carboxylic acids is 1. The second-order valence-electron chi connectivity index (χ2n) is 7.52. The molecule has 1 aromatic carbocycles. The Morgan fingerprint density at radius 3 is 2.32 bits per heavy atom. The van der Waals surface area contributed by atoms with E-state index in [1.165, 1.54) is 18.6 Å². The largest absolute Gasteiger partial charge is 0.545 e. The highest BCUT2D eigenvalue weighted by atomic mass is 19.1. The maximum atomic E-state index is 14.1. The first-order valence-electron chi connectivity index (χ1n) is 8.15. The van der Waals surface area contributed by atoms with Gasteiger partial charge in [0.25, 0.3) is 0 Å². The molecule has 4 fully saturated rings. The summed E-state index contributed by atoms with van der Waals surface area (Å²) in [4.78, 5) is 11.0. The number of benzene rings is 1. The number of ether oxygens (including phenoxy) is 1. The Bertz CT molecular complexity index is 597. The summed E-state index contributed by atoms with van der Waals surface area (Å²) in [6.07, 6.45) is 5.98. The Kier molecular flexibility index (Phi) is 3.00. The molecule has 0 heterocycles. The number of hydrogen-bond donors (Lipinski definition) is 0. The van der Waals surface area contributed by atoms with Gasteiger partial charge in [0.2, 0.25) is 0 Å². The van der Waals surface area contributed by atoms with Gasteiger partial charge in [0.1, 0.15) is 5.60 Å². The lowest BCUT2D eigenvalue weighted by Crippen LogP contribution is -2.59. The maximum absolute atomic E-state index is 14.1. The van der Waals surface area contributed by atoms with Gasteiger partial charge in [-0.1, -0.05) is 0 Å². The topological polar surface area (TPSA) is 49.4 Å². The van der Waals surface area contributed by atoms with E-state index in [1.54, 1.807) is 0 Å². The Balaban J connectivity index is 1.65. The number of rotatable bonds is 3. The number of carboxylic acids is 1. The molecule has 0 saturated heterocycles. The highest BCUT2D eigenvalue weighted by Crippen LogP contribution is 2.59. The summed E-state index contributed by atoms with van der Waals surface area (Å²) >= 11 is 0. The van der Waals surface area contributed by atoms with Crippen LogP contribution < -0.4 is 9.84 Å². The van der Waals surface area contributed by atoms with Gasteiger partial charge in [-0.05, 0) is 80.9 Å². The zero-order valence-corrected chi connectivity index (χ0v) is 12.7. The van der Waals surface area contributed by atoms with Crippen LogP contribution in [0.25, 0.3) is 0 Å². The normalized spacial score (nSPS) is 39.0. The van der Waals surface area contributed by atoms with Crippen molar-refractivity contribution < 1.29 is 19.0 Å². The monoisotopic (exact) mass is 303 g/mol. The van der Waals surface area contributed by atoms with Gasteiger partial charge in [0.05, 0.1) is 5.97 Å². The third kappa shape index (κ3) is 2.03. The minimum Gasteiger partial charge on any atom is -0.545 e. The molecule has 0 spiro atoms. The molecule has 3 nitrogen and oxygen atoms in total. The van der Waals surface area contributed by atoms with Crippen LogP contribution in [0.1, 0.15) is 49.4 Å². The third-order valence-electron chi connectivity index (χ3n) is 6.26. The fraction of sp³-hybridized carbons (Fsp3) is 0.611. The van der Waals surface area contributed by atoms with Gasteiger partial charge >= 0.3 is 0 Å². The van der Waals surface area contributed by atoms with Crippen LogP contribution in [0.5, 0.6) is 5.75 Å². The summed E-state index contributed by atoms with van der Waals surface area (Å²) in [6, 6.07) is 3.64. The number of carbonyl (C=O) groups excluding carboxylic acids is 1. The minimum absolute atomic E-state index is 0.0381. The van der Waals surface area contributed by atoms with Crippen LogP contribution in [0.3, 0.4) is 0 Å². The first-order valence-corrected chi connectivity index (χ1v) is 8.15. The molecule has 4 aliphatic carbocycles. The third-order valence-corrected chi connectivity index (χ3v) is 6.26. The molecular formula is C18H20FO3-. The molecule has 5 rings (SSSR count). The molecule has 4 aliphatic rings. The molecule has 0 atom stereocenters. The van der Waals surface area contributed by atoms with Crippen LogP contribution in [0.15, 0.2) is 18.2 Å². The molecule has 0 radical (unpaired) electrons. The first kappa shape index (κ1) is 14.0. The minimum atomic E-state index is -1.31. The van der Waals surface area contributed by atoms with E-state index in [1.807, 2.05) is 0 Å². The molecule has 22 heavy (non-hydrogen) atoms. The van der Waals surface area contributed by atoms with Crippen LogP contribution in [-0.4, -0.2) is 11.6 Å². The van der Waals surface area contributed by atoms with Gasteiger partial charge in [0, 0.05) is 5.56 Å². The summed E-state index contributed by atoms with van der Waals surface area (Å²) in [7, 11) is 0. The predicted molar refractivity (Wildman–Crippen MR) is 76.8 cm³/mol. The van der Waals surface area contributed by atoms with E-state index in [9.17, 15) is 14.3 Å². The maximum Gasteiger partial charge on any atom is 0.165 e. The quantitative estimate of drug-likeness (QED) is 0.862. The van der Waals surface area contributed by atoms with E-state index >= 15 is 0 Å². The molecule has 0 unspecified atom stereocenters. The smallest absolute Gasteiger partial charge is 0.165 e. The molecule has 4 bridgehead atoms. The lowest BCUT2D eigenvalue weighted by molar-refractivity contribution is -0.255. The molecular weight excluding hydrogens is 283 g/mol. The second-order valence-corrected chi connectivity index (χ2v) is 7.52. The molecule has 0 aliphatic heterocycles. The van der Waals surface area contributed by atoms with Crippen LogP contribution in [0.2, 0.25) is 0 Å². The van der Waals surface area contributed by atoms with Crippen molar-refractivity contribution in [1.29, 1.82) is 0 Å². The SMILES string of the molecule is CC1(Oc2cc(C(=O)[O-])ccc2F)C2CC3CC(C2)CC1C3. The molecule has 0 aromatic heterocycles. The van der Waals surface area contributed by atoms with Gasteiger partial charge in [-0.3, -0.25) is 0 Å². The van der Waals surface area contributed by atoms with Crippen LogP contribution >= 0.6 is 0 Å². The average Bonchev–Trinajstić information content (AvgIpc) is 2.46.